The van der Waals surface area contributed by atoms with E-state index in [9.17, 15) is 0 Å². The van der Waals surface area contributed by atoms with Gasteiger partial charge in [-0.25, -0.2) is 0 Å². The van der Waals surface area contributed by atoms with Gasteiger partial charge in [0.05, 0.1) is 0 Å². The molecule has 0 aliphatic carbocycles. The maximum absolute atomic E-state index is 4.36. The number of aliphatic imine (C=N–C) groups is 1. The molecule has 2 unspecified atom stereocenters. The monoisotopic (exact) mass is 437 g/mol. The average molecular weight is 437 g/mol. The van der Waals surface area contributed by atoms with Gasteiger partial charge < -0.3 is 10.6 Å². The highest BCUT2D eigenvalue weighted by atomic mass is 127. The maximum Gasteiger partial charge on any atom is 0.191 e. The van der Waals surface area contributed by atoms with E-state index < -0.39 is 0 Å². The number of likely N-dealkylation sites (N-methyl/N-ethyl adjacent to an activating group) is 1. The zero-order chi connectivity index (χ0) is 15.8. The van der Waals surface area contributed by atoms with Gasteiger partial charge in [-0.05, 0) is 52.2 Å². The Morgan fingerprint density at radius 1 is 1.09 bits per heavy atom. The molecule has 0 amide bonds. The molecular formula is C17H36IN5. The Kier molecular flexibility index (Phi) is 10.5. The predicted molar refractivity (Wildman–Crippen MR) is 110 cm³/mol. The van der Waals surface area contributed by atoms with E-state index in [-0.39, 0.29) is 24.0 Å². The first-order valence-electron chi connectivity index (χ1n) is 9.17. The molecular weight excluding hydrogens is 401 g/mol. The minimum absolute atomic E-state index is 0. The summed E-state index contributed by atoms with van der Waals surface area (Å²) in [6.45, 7) is 11.4. The lowest BCUT2D eigenvalue weighted by Crippen LogP contribution is -2.47. The molecule has 0 radical (unpaired) electrons. The molecule has 2 aliphatic heterocycles. The Morgan fingerprint density at radius 3 is 2.57 bits per heavy atom. The summed E-state index contributed by atoms with van der Waals surface area (Å²) in [5.74, 6) is 0.951. The molecule has 2 saturated heterocycles. The molecule has 2 aliphatic rings. The second-order valence-corrected chi connectivity index (χ2v) is 6.69. The van der Waals surface area contributed by atoms with Crippen molar-refractivity contribution in [1.82, 2.24) is 20.4 Å². The van der Waals surface area contributed by atoms with Crippen LogP contribution in [-0.4, -0.2) is 74.2 Å². The van der Waals surface area contributed by atoms with Gasteiger partial charge in [0.15, 0.2) is 5.96 Å². The summed E-state index contributed by atoms with van der Waals surface area (Å²) in [5, 5.41) is 6.98. The van der Waals surface area contributed by atoms with E-state index in [4.69, 9.17) is 0 Å². The van der Waals surface area contributed by atoms with E-state index >= 15 is 0 Å². The zero-order valence-corrected chi connectivity index (χ0v) is 17.5. The third-order valence-electron chi connectivity index (χ3n) is 5.27. The second kappa shape index (κ2) is 11.5. The summed E-state index contributed by atoms with van der Waals surface area (Å²) in [6.07, 6.45) is 6.74. The molecule has 0 aromatic carbocycles. The van der Waals surface area contributed by atoms with Crippen molar-refractivity contribution in [2.75, 3.05) is 46.3 Å². The van der Waals surface area contributed by atoms with Crippen LogP contribution in [0, 0.1) is 0 Å². The lowest BCUT2D eigenvalue weighted by atomic mass is 10.0. The maximum atomic E-state index is 4.36. The molecule has 0 spiro atoms. The second-order valence-electron chi connectivity index (χ2n) is 6.69. The topological polar surface area (TPSA) is 42.9 Å². The van der Waals surface area contributed by atoms with Crippen LogP contribution in [0.25, 0.3) is 0 Å². The third-order valence-corrected chi connectivity index (χ3v) is 5.27. The van der Waals surface area contributed by atoms with Gasteiger partial charge in [0.1, 0.15) is 0 Å². The van der Waals surface area contributed by atoms with Crippen LogP contribution < -0.4 is 10.6 Å². The number of nitrogens with zero attached hydrogens (tertiary/aromatic N) is 3. The first-order chi connectivity index (χ1) is 10.7. The SMILES string of the molecule is CCN1CCCC1CNC(=NC)NCCN1CCCCC1C.I. The lowest BCUT2D eigenvalue weighted by molar-refractivity contribution is 0.163. The van der Waals surface area contributed by atoms with Crippen molar-refractivity contribution < 1.29 is 0 Å². The smallest absolute Gasteiger partial charge is 0.191 e. The molecule has 0 aromatic rings. The molecule has 0 bridgehead atoms. The van der Waals surface area contributed by atoms with Crippen LogP contribution in [0.1, 0.15) is 46.0 Å². The van der Waals surface area contributed by atoms with Gasteiger partial charge in [0, 0.05) is 38.8 Å². The van der Waals surface area contributed by atoms with Crippen molar-refractivity contribution >= 4 is 29.9 Å². The average Bonchev–Trinajstić information content (AvgIpc) is 3.00. The number of piperidine rings is 1. The Hall–Kier alpha value is -0.0800. The molecule has 0 saturated carbocycles. The van der Waals surface area contributed by atoms with E-state index in [2.05, 4.69) is 39.3 Å². The number of nitrogens with one attached hydrogen (secondary N) is 2. The van der Waals surface area contributed by atoms with Crippen LogP contribution >= 0.6 is 24.0 Å². The van der Waals surface area contributed by atoms with Crippen LogP contribution in [0.5, 0.6) is 0 Å². The number of rotatable bonds is 6. The summed E-state index contributed by atoms with van der Waals surface area (Å²) in [7, 11) is 1.87. The third kappa shape index (κ3) is 6.74. The van der Waals surface area contributed by atoms with Crippen LogP contribution in [-0.2, 0) is 0 Å². The Bertz CT molecular complexity index is 350. The van der Waals surface area contributed by atoms with Crippen LogP contribution in [0.15, 0.2) is 4.99 Å². The molecule has 2 heterocycles. The molecule has 0 aromatic heterocycles. The molecule has 5 nitrogen and oxygen atoms in total. The minimum Gasteiger partial charge on any atom is -0.355 e. The van der Waals surface area contributed by atoms with E-state index in [0.29, 0.717) is 6.04 Å². The highest BCUT2D eigenvalue weighted by Crippen LogP contribution is 2.16. The predicted octanol–water partition coefficient (Wildman–Crippen LogP) is 2.13. The molecule has 2 rings (SSSR count). The van der Waals surface area contributed by atoms with Gasteiger partial charge in [-0.2, -0.15) is 0 Å². The van der Waals surface area contributed by atoms with Gasteiger partial charge >= 0.3 is 0 Å². The van der Waals surface area contributed by atoms with Gasteiger partial charge in [0.25, 0.3) is 0 Å². The molecule has 2 atom stereocenters. The van der Waals surface area contributed by atoms with Crippen LogP contribution in [0.2, 0.25) is 0 Å². The quantitative estimate of drug-likeness (QED) is 0.380. The largest absolute Gasteiger partial charge is 0.355 e. The van der Waals surface area contributed by atoms with Crippen LogP contribution in [0.3, 0.4) is 0 Å². The first-order valence-corrected chi connectivity index (χ1v) is 9.17. The Morgan fingerprint density at radius 2 is 1.87 bits per heavy atom. The molecule has 23 heavy (non-hydrogen) atoms. The minimum atomic E-state index is 0. The van der Waals surface area contributed by atoms with Crippen molar-refractivity contribution in [2.45, 2.75) is 58.0 Å². The highest BCUT2D eigenvalue weighted by Gasteiger charge is 2.22. The lowest BCUT2D eigenvalue weighted by Gasteiger charge is -2.33. The molecule has 6 heteroatoms. The van der Waals surface area contributed by atoms with Crippen molar-refractivity contribution in [3.63, 3.8) is 0 Å². The standard InChI is InChI=1S/C17H35N5.HI/c1-4-21-12-7-9-16(21)14-20-17(18-3)19-10-13-22-11-6-5-8-15(22)2;/h15-16H,4-14H2,1-3H3,(H2,18,19,20);1H. The van der Waals surface area contributed by atoms with Crippen molar-refractivity contribution in [3.05, 3.63) is 0 Å². The van der Waals surface area contributed by atoms with Crippen molar-refractivity contribution in [1.29, 1.82) is 0 Å². The molecule has 2 fully saturated rings. The molecule has 136 valence electrons. The van der Waals surface area contributed by atoms with E-state index in [1.54, 1.807) is 0 Å². The van der Waals surface area contributed by atoms with Gasteiger partial charge in [-0.15, -0.1) is 24.0 Å². The fourth-order valence-corrected chi connectivity index (χ4v) is 3.79. The number of halogens is 1. The number of hydrogen-bond donors (Lipinski definition) is 2. The molecule has 2 N–H and O–H groups in total. The van der Waals surface area contributed by atoms with Gasteiger partial charge in [0.2, 0.25) is 0 Å². The number of hydrogen-bond acceptors (Lipinski definition) is 3. The Labute approximate surface area is 159 Å². The Balaban J connectivity index is 0.00000264. The van der Waals surface area contributed by atoms with E-state index in [1.807, 2.05) is 7.05 Å². The van der Waals surface area contributed by atoms with Gasteiger partial charge in [-0.3, -0.25) is 14.8 Å². The summed E-state index contributed by atoms with van der Waals surface area (Å²) in [4.78, 5) is 9.52. The summed E-state index contributed by atoms with van der Waals surface area (Å²) < 4.78 is 0. The van der Waals surface area contributed by atoms with Crippen molar-refractivity contribution in [3.8, 4) is 0 Å². The highest BCUT2D eigenvalue weighted by molar-refractivity contribution is 14.0. The number of guanidine groups is 1. The van der Waals surface area contributed by atoms with Crippen LogP contribution in [0.4, 0.5) is 0 Å². The fraction of sp³-hybridized carbons (Fsp3) is 0.941. The summed E-state index contributed by atoms with van der Waals surface area (Å²) in [5.41, 5.74) is 0. The fourth-order valence-electron chi connectivity index (χ4n) is 3.79. The zero-order valence-electron chi connectivity index (χ0n) is 15.2. The first kappa shape index (κ1) is 21.0. The van der Waals surface area contributed by atoms with E-state index in [1.165, 1.54) is 45.2 Å². The normalized spacial score (nSPS) is 26.8. The van der Waals surface area contributed by atoms with E-state index in [0.717, 1.165) is 38.2 Å². The van der Waals surface area contributed by atoms with Crippen molar-refractivity contribution in [2.24, 2.45) is 4.99 Å². The van der Waals surface area contributed by atoms with Gasteiger partial charge in [-0.1, -0.05) is 13.3 Å². The summed E-state index contributed by atoms with van der Waals surface area (Å²) >= 11 is 0. The number of likely N-dealkylation sites (tertiary alicyclic amines) is 2. The summed E-state index contributed by atoms with van der Waals surface area (Å²) in [6, 6.07) is 1.41.